The Kier molecular flexibility index (Phi) is 9.79. The highest BCUT2D eigenvalue weighted by atomic mass is 32.2. The van der Waals surface area contributed by atoms with Crippen LogP contribution in [-0.2, 0) is 34.5 Å². The zero-order valence-electron chi connectivity index (χ0n) is 23.3. The van der Waals surface area contributed by atoms with Gasteiger partial charge >= 0.3 is 0 Å². The molecule has 0 saturated heterocycles. The summed E-state index contributed by atoms with van der Waals surface area (Å²) in [7, 11) is -2.20. The number of sulfonamides is 1. The molecule has 0 aliphatic rings. The number of aromatic nitrogens is 1. The molecule has 0 N–H and O–H groups in total. The fraction of sp³-hybridized carbons (Fsp3) is 0.281. The molecule has 3 aromatic carbocycles. The van der Waals surface area contributed by atoms with Gasteiger partial charge in [-0.15, -0.1) is 0 Å². The minimum atomic E-state index is -3.85. The fourth-order valence-corrected chi connectivity index (χ4v) is 6.17. The number of ether oxygens (including phenoxy) is 1. The molecule has 210 valence electrons. The van der Waals surface area contributed by atoms with Crippen LogP contribution in [0.15, 0.2) is 108 Å². The molecule has 0 saturated carbocycles. The van der Waals surface area contributed by atoms with Gasteiger partial charge < -0.3 is 14.2 Å². The van der Waals surface area contributed by atoms with Crippen molar-refractivity contribution in [1.29, 1.82) is 0 Å². The van der Waals surface area contributed by atoms with Crippen LogP contribution >= 0.6 is 0 Å². The first-order valence-corrected chi connectivity index (χ1v) is 14.8. The van der Waals surface area contributed by atoms with Crippen LogP contribution in [-0.4, -0.2) is 48.3 Å². The van der Waals surface area contributed by atoms with E-state index in [1.807, 2.05) is 86.8 Å². The average Bonchev–Trinajstić information content (AvgIpc) is 3.39. The van der Waals surface area contributed by atoms with Crippen LogP contribution in [0.2, 0.25) is 0 Å². The summed E-state index contributed by atoms with van der Waals surface area (Å²) in [5.41, 5.74) is 3.01. The summed E-state index contributed by atoms with van der Waals surface area (Å²) < 4.78 is 35.9. The van der Waals surface area contributed by atoms with Gasteiger partial charge in [-0.1, -0.05) is 74.5 Å². The minimum absolute atomic E-state index is 0.0500. The lowest BCUT2D eigenvalue weighted by Gasteiger charge is -2.29. The molecule has 40 heavy (non-hydrogen) atoms. The number of rotatable bonds is 13. The van der Waals surface area contributed by atoms with Crippen molar-refractivity contribution in [2.24, 2.45) is 5.92 Å². The number of amides is 1. The molecule has 1 heterocycles. The number of hydrogen-bond donors (Lipinski definition) is 0. The lowest BCUT2D eigenvalue weighted by Crippen LogP contribution is -2.44. The molecule has 4 aromatic rings. The molecular formula is C32H37N3O4S. The maximum absolute atomic E-state index is 13.9. The molecule has 7 nitrogen and oxygen atoms in total. The maximum Gasteiger partial charge on any atom is 0.243 e. The molecule has 1 amide bonds. The Labute approximate surface area is 237 Å². The number of hydrogen-bond acceptors (Lipinski definition) is 4. The molecule has 0 spiro atoms. The summed E-state index contributed by atoms with van der Waals surface area (Å²) in [6, 6.07) is 29.9. The Morgan fingerprint density at radius 3 is 2.20 bits per heavy atom. The van der Waals surface area contributed by atoms with E-state index >= 15 is 0 Å². The summed E-state index contributed by atoms with van der Waals surface area (Å²) >= 11 is 0. The topological polar surface area (TPSA) is 71.8 Å². The Bertz CT molecular complexity index is 1480. The first kappa shape index (κ1) is 29.1. The average molecular weight is 560 g/mol. The Morgan fingerprint density at radius 1 is 0.850 bits per heavy atom. The summed E-state index contributed by atoms with van der Waals surface area (Å²) in [6.45, 7) is 5.23. The quantitative estimate of drug-likeness (QED) is 0.219. The zero-order valence-corrected chi connectivity index (χ0v) is 24.1. The van der Waals surface area contributed by atoms with E-state index in [1.54, 1.807) is 42.3 Å². The predicted octanol–water partition coefficient (Wildman–Crippen LogP) is 5.42. The fourth-order valence-electron chi connectivity index (χ4n) is 4.59. The number of carbonyl (C=O) groups is 1. The standard InChI is InChI=1S/C32H37N3O4S/c1-26(2)21-35(40(37,38)31-17-8-5-9-18-31)25-32(36)34(22-27-12-6-4-7-13-27)24-29-15-11-19-33(29)23-28-14-10-16-30(20-28)39-3/h4-20,26H,21-25H2,1-3H3. The predicted molar refractivity (Wildman–Crippen MR) is 157 cm³/mol. The van der Waals surface area contributed by atoms with Gasteiger partial charge in [0.05, 0.1) is 25.1 Å². The SMILES string of the molecule is COc1cccc(Cn2cccc2CN(Cc2ccccc2)C(=O)CN(CC(C)C)S(=O)(=O)c2ccccc2)c1. The van der Waals surface area contributed by atoms with Crippen molar-refractivity contribution in [3.05, 3.63) is 120 Å². The molecule has 0 radical (unpaired) electrons. The van der Waals surface area contributed by atoms with Gasteiger partial charge in [0.2, 0.25) is 15.9 Å². The van der Waals surface area contributed by atoms with Crippen molar-refractivity contribution in [1.82, 2.24) is 13.8 Å². The van der Waals surface area contributed by atoms with Crippen molar-refractivity contribution in [3.63, 3.8) is 0 Å². The number of methoxy groups -OCH3 is 1. The summed E-state index contributed by atoms with van der Waals surface area (Å²) in [5.74, 6) is 0.587. The van der Waals surface area contributed by atoms with E-state index in [4.69, 9.17) is 4.74 Å². The second kappa shape index (κ2) is 13.5. The monoisotopic (exact) mass is 559 g/mol. The van der Waals surface area contributed by atoms with Crippen molar-refractivity contribution in [3.8, 4) is 5.75 Å². The third kappa shape index (κ3) is 7.61. The van der Waals surface area contributed by atoms with Crippen LogP contribution in [0, 0.1) is 5.92 Å². The smallest absolute Gasteiger partial charge is 0.243 e. The molecule has 0 bridgehead atoms. The van der Waals surface area contributed by atoms with Gasteiger partial charge in [0.15, 0.2) is 0 Å². The lowest BCUT2D eigenvalue weighted by molar-refractivity contribution is -0.132. The Balaban J connectivity index is 1.60. The third-order valence-electron chi connectivity index (χ3n) is 6.59. The van der Waals surface area contributed by atoms with E-state index in [-0.39, 0.29) is 29.8 Å². The van der Waals surface area contributed by atoms with E-state index in [1.165, 1.54) is 4.31 Å². The van der Waals surface area contributed by atoms with Crippen LogP contribution in [0.5, 0.6) is 5.75 Å². The van der Waals surface area contributed by atoms with Crippen molar-refractivity contribution >= 4 is 15.9 Å². The van der Waals surface area contributed by atoms with E-state index in [9.17, 15) is 13.2 Å². The highest BCUT2D eigenvalue weighted by Crippen LogP contribution is 2.20. The molecule has 0 unspecified atom stereocenters. The highest BCUT2D eigenvalue weighted by molar-refractivity contribution is 7.89. The Hall–Kier alpha value is -3.88. The molecule has 0 atom stereocenters. The van der Waals surface area contributed by atoms with E-state index in [2.05, 4.69) is 4.57 Å². The molecular weight excluding hydrogens is 522 g/mol. The van der Waals surface area contributed by atoms with E-state index in [0.717, 1.165) is 22.6 Å². The molecule has 8 heteroatoms. The molecule has 0 aliphatic carbocycles. The Morgan fingerprint density at radius 2 is 1.52 bits per heavy atom. The van der Waals surface area contributed by atoms with Gasteiger partial charge in [-0.2, -0.15) is 4.31 Å². The lowest BCUT2D eigenvalue weighted by atomic mass is 10.2. The van der Waals surface area contributed by atoms with Crippen molar-refractivity contribution < 1.29 is 17.9 Å². The molecule has 4 rings (SSSR count). The number of nitrogens with zero attached hydrogens (tertiary/aromatic N) is 3. The summed E-state index contributed by atoms with van der Waals surface area (Å²) in [6.07, 6.45) is 1.99. The van der Waals surface area contributed by atoms with Gasteiger partial charge in [-0.3, -0.25) is 4.79 Å². The normalized spacial score (nSPS) is 11.6. The summed E-state index contributed by atoms with van der Waals surface area (Å²) in [5, 5.41) is 0. The van der Waals surface area contributed by atoms with Crippen molar-refractivity contribution in [2.45, 2.75) is 38.4 Å². The third-order valence-corrected chi connectivity index (χ3v) is 8.42. The first-order valence-electron chi connectivity index (χ1n) is 13.4. The van der Waals surface area contributed by atoms with Crippen LogP contribution in [0.1, 0.15) is 30.7 Å². The van der Waals surface area contributed by atoms with Gasteiger partial charge in [0.25, 0.3) is 0 Å². The summed E-state index contributed by atoms with van der Waals surface area (Å²) in [4.78, 5) is 15.8. The largest absolute Gasteiger partial charge is 0.497 e. The van der Waals surface area contributed by atoms with Gasteiger partial charge in [0.1, 0.15) is 5.75 Å². The second-order valence-electron chi connectivity index (χ2n) is 10.2. The maximum atomic E-state index is 13.9. The van der Waals surface area contributed by atoms with Crippen LogP contribution < -0.4 is 4.74 Å². The highest BCUT2D eigenvalue weighted by Gasteiger charge is 2.29. The number of benzene rings is 3. The van der Waals surface area contributed by atoms with Crippen LogP contribution in [0.3, 0.4) is 0 Å². The molecule has 0 aliphatic heterocycles. The first-order chi connectivity index (χ1) is 19.3. The molecule has 1 aromatic heterocycles. The van der Waals surface area contributed by atoms with E-state index < -0.39 is 10.0 Å². The van der Waals surface area contributed by atoms with Gasteiger partial charge in [-0.25, -0.2) is 8.42 Å². The minimum Gasteiger partial charge on any atom is -0.497 e. The van der Waals surface area contributed by atoms with Crippen LogP contribution in [0.4, 0.5) is 0 Å². The number of carbonyl (C=O) groups excluding carboxylic acids is 1. The second-order valence-corrected chi connectivity index (χ2v) is 12.2. The van der Waals surface area contributed by atoms with Crippen LogP contribution in [0.25, 0.3) is 0 Å². The zero-order chi connectivity index (χ0) is 28.5. The van der Waals surface area contributed by atoms with Crippen molar-refractivity contribution in [2.75, 3.05) is 20.2 Å². The molecule has 0 fully saturated rings. The van der Waals surface area contributed by atoms with E-state index in [0.29, 0.717) is 19.6 Å². The van der Waals surface area contributed by atoms with Gasteiger partial charge in [-0.05, 0) is 53.4 Å². The van der Waals surface area contributed by atoms with Gasteiger partial charge in [0, 0.05) is 31.5 Å².